The van der Waals surface area contributed by atoms with Crippen LogP contribution in [0.15, 0.2) is 18.2 Å². The Balaban J connectivity index is 2.37. The van der Waals surface area contributed by atoms with Crippen LogP contribution in [0, 0.1) is 0 Å². The maximum Gasteiger partial charge on any atom is 0.200 e. The second kappa shape index (κ2) is 4.63. The van der Waals surface area contributed by atoms with Gasteiger partial charge in [-0.1, -0.05) is 26.8 Å². The minimum Gasteiger partial charge on any atom is -0.504 e. The van der Waals surface area contributed by atoms with Crippen LogP contribution in [0.25, 0.3) is 0 Å². The van der Waals surface area contributed by atoms with E-state index in [1.165, 1.54) is 18.2 Å². The lowest BCUT2D eigenvalue weighted by molar-refractivity contribution is 0.346. The largest absolute Gasteiger partial charge is 0.504 e. The normalized spacial score (nSPS) is 21.6. The molecular weight excluding hydrogens is 312 g/mol. The highest BCUT2D eigenvalue weighted by molar-refractivity contribution is 5.68. The first-order valence-electron chi connectivity index (χ1n) is 7.54. The van der Waals surface area contributed by atoms with Crippen molar-refractivity contribution < 1.29 is 30.6 Å². The van der Waals surface area contributed by atoms with Crippen LogP contribution in [-0.2, 0) is 10.8 Å². The smallest absolute Gasteiger partial charge is 0.200 e. The fraction of sp³-hybridized carbons (Fsp3) is 0.333. The third kappa shape index (κ3) is 1.89. The van der Waals surface area contributed by atoms with E-state index in [0.717, 1.165) is 0 Å². The number of fused-ring (bicyclic) bond motifs is 1. The summed E-state index contributed by atoms with van der Waals surface area (Å²) in [7, 11) is 0. The summed E-state index contributed by atoms with van der Waals surface area (Å²) in [6, 6.07) is 4.14. The Hall–Kier alpha value is -2.76. The van der Waals surface area contributed by atoms with Gasteiger partial charge in [0.15, 0.2) is 23.0 Å². The number of hydrogen-bond acceptors (Lipinski definition) is 6. The zero-order chi connectivity index (χ0) is 18.0. The van der Waals surface area contributed by atoms with Gasteiger partial charge in [0, 0.05) is 16.5 Å². The Morgan fingerprint density at radius 2 is 1.29 bits per heavy atom. The van der Waals surface area contributed by atoms with E-state index >= 15 is 0 Å². The summed E-state index contributed by atoms with van der Waals surface area (Å²) in [6.45, 7) is 5.61. The Bertz CT molecular complexity index is 855. The van der Waals surface area contributed by atoms with Crippen LogP contribution in [0.3, 0.4) is 0 Å². The first kappa shape index (κ1) is 16.1. The minimum atomic E-state index is -0.941. The van der Waals surface area contributed by atoms with Gasteiger partial charge in [-0.15, -0.1) is 0 Å². The number of phenolic OH excluding ortho intramolecular Hbond substituents is 6. The first-order valence-corrected chi connectivity index (χ1v) is 7.54. The summed E-state index contributed by atoms with van der Waals surface area (Å²) in [6.07, 6.45) is 0.448. The van der Waals surface area contributed by atoms with Crippen molar-refractivity contribution in [1.82, 2.24) is 0 Å². The van der Waals surface area contributed by atoms with Crippen LogP contribution in [0.5, 0.6) is 34.5 Å². The van der Waals surface area contributed by atoms with E-state index in [-0.39, 0.29) is 0 Å². The predicted molar refractivity (Wildman–Crippen MR) is 87.0 cm³/mol. The molecule has 0 amide bonds. The lowest BCUT2D eigenvalue weighted by Crippen LogP contribution is -2.23. The van der Waals surface area contributed by atoms with Gasteiger partial charge < -0.3 is 30.6 Å². The maximum absolute atomic E-state index is 10.4. The molecule has 0 spiro atoms. The molecule has 0 saturated heterocycles. The van der Waals surface area contributed by atoms with Crippen molar-refractivity contribution in [2.45, 2.75) is 38.0 Å². The molecule has 6 N–H and O–H groups in total. The standard InChI is InChI=1S/C18H20O6/c1-17(2)7-18(3,8-4-5-10(19)14(22)13(8)21)12-9(17)6-11(20)15(23)16(12)24/h4-6,19-24H,7H2,1-3H3. The van der Waals surface area contributed by atoms with Crippen LogP contribution in [0.1, 0.15) is 43.9 Å². The van der Waals surface area contributed by atoms with Crippen LogP contribution in [0.4, 0.5) is 0 Å². The SMILES string of the molecule is CC1(C)CC(C)(c2ccc(O)c(O)c2O)c2c1cc(O)c(O)c2O. The van der Waals surface area contributed by atoms with E-state index in [1.807, 2.05) is 13.8 Å². The highest BCUT2D eigenvalue weighted by Crippen LogP contribution is 2.61. The molecule has 128 valence electrons. The van der Waals surface area contributed by atoms with E-state index < -0.39 is 45.3 Å². The number of rotatable bonds is 1. The van der Waals surface area contributed by atoms with Gasteiger partial charge in [0.2, 0.25) is 11.5 Å². The molecule has 6 heteroatoms. The quantitative estimate of drug-likeness (QED) is 0.447. The minimum absolute atomic E-state index is 0.310. The lowest BCUT2D eigenvalue weighted by atomic mass is 9.74. The molecule has 1 aliphatic carbocycles. The highest BCUT2D eigenvalue weighted by atomic mass is 16.3. The molecule has 1 atom stereocenters. The van der Waals surface area contributed by atoms with Gasteiger partial charge in [-0.25, -0.2) is 0 Å². The average Bonchev–Trinajstić information content (AvgIpc) is 2.69. The molecule has 1 unspecified atom stereocenters. The summed E-state index contributed by atoms with van der Waals surface area (Å²) in [4.78, 5) is 0. The number of aromatic hydroxyl groups is 6. The fourth-order valence-electron chi connectivity index (χ4n) is 4.05. The third-order valence-corrected chi connectivity index (χ3v) is 5.05. The summed E-state index contributed by atoms with van der Waals surface area (Å²) in [5, 5.41) is 59.9. The Morgan fingerprint density at radius 1 is 0.708 bits per heavy atom. The van der Waals surface area contributed by atoms with Crippen LogP contribution in [0.2, 0.25) is 0 Å². The van der Waals surface area contributed by atoms with Gasteiger partial charge >= 0.3 is 0 Å². The molecular formula is C18H20O6. The van der Waals surface area contributed by atoms with Gasteiger partial charge in [0.25, 0.3) is 0 Å². The molecule has 0 fully saturated rings. The molecule has 2 aromatic carbocycles. The summed E-state index contributed by atoms with van der Waals surface area (Å²) < 4.78 is 0. The average molecular weight is 332 g/mol. The summed E-state index contributed by atoms with van der Waals surface area (Å²) >= 11 is 0. The molecule has 6 nitrogen and oxygen atoms in total. The van der Waals surface area contributed by atoms with Crippen LogP contribution in [-0.4, -0.2) is 30.6 Å². The van der Waals surface area contributed by atoms with Crippen molar-refractivity contribution >= 4 is 0 Å². The lowest BCUT2D eigenvalue weighted by Gasteiger charge is -2.29. The predicted octanol–water partition coefficient (Wildman–Crippen LogP) is 2.91. The van der Waals surface area contributed by atoms with E-state index in [2.05, 4.69) is 0 Å². The third-order valence-electron chi connectivity index (χ3n) is 5.05. The van der Waals surface area contributed by atoms with Gasteiger partial charge in [-0.3, -0.25) is 0 Å². The Labute approximate surface area is 138 Å². The summed E-state index contributed by atoms with van der Waals surface area (Å²) in [5.41, 5.74) is -0.0752. The molecule has 0 aliphatic heterocycles. The first-order chi connectivity index (χ1) is 11.0. The van der Waals surface area contributed by atoms with E-state index in [9.17, 15) is 30.6 Å². The summed E-state index contributed by atoms with van der Waals surface area (Å²) in [5.74, 6) is -3.06. The second-order valence-electron chi connectivity index (χ2n) is 7.24. The molecule has 3 rings (SSSR count). The van der Waals surface area contributed by atoms with E-state index in [0.29, 0.717) is 23.1 Å². The van der Waals surface area contributed by atoms with Gasteiger partial charge in [-0.05, 0) is 29.5 Å². The Kier molecular flexibility index (Phi) is 3.11. The van der Waals surface area contributed by atoms with Crippen molar-refractivity contribution in [2.24, 2.45) is 0 Å². The molecule has 24 heavy (non-hydrogen) atoms. The van der Waals surface area contributed by atoms with Crippen molar-refractivity contribution in [2.75, 3.05) is 0 Å². The molecule has 2 aromatic rings. The molecule has 0 radical (unpaired) electrons. The highest BCUT2D eigenvalue weighted by Gasteiger charge is 2.50. The molecule has 0 saturated carbocycles. The molecule has 1 aliphatic rings. The van der Waals surface area contributed by atoms with Crippen LogP contribution < -0.4 is 0 Å². The van der Waals surface area contributed by atoms with E-state index in [4.69, 9.17) is 0 Å². The fourth-order valence-corrected chi connectivity index (χ4v) is 4.05. The number of phenols is 6. The number of hydrogen-bond donors (Lipinski definition) is 6. The zero-order valence-corrected chi connectivity index (χ0v) is 13.6. The molecule has 0 aromatic heterocycles. The van der Waals surface area contributed by atoms with Crippen LogP contribution >= 0.6 is 0 Å². The van der Waals surface area contributed by atoms with Crippen molar-refractivity contribution in [3.05, 3.63) is 34.9 Å². The van der Waals surface area contributed by atoms with Crippen molar-refractivity contribution in [1.29, 1.82) is 0 Å². The molecule has 0 bridgehead atoms. The van der Waals surface area contributed by atoms with Crippen molar-refractivity contribution in [3.8, 4) is 34.5 Å². The monoisotopic (exact) mass is 332 g/mol. The van der Waals surface area contributed by atoms with E-state index in [1.54, 1.807) is 6.92 Å². The van der Waals surface area contributed by atoms with Gasteiger partial charge in [-0.2, -0.15) is 0 Å². The maximum atomic E-state index is 10.4. The van der Waals surface area contributed by atoms with Crippen molar-refractivity contribution in [3.63, 3.8) is 0 Å². The number of benzene rings is 2. The zero-order valence-electron chi connectivity index (χ0n) is 13.6. The van der Waals surface area contributed by atoms with Gasteiger partial charge in [0.05, 0.1) is 0 Å². The van der Waals surface area contributed by atoms with Gasteiger partial charge in [0.1, 0.15) is 0 Å². The second-order valence-corrected chi connectivity index (χ2v) is 7.24. The molecule has 0 heterocycles. The topological polar surface area (TPSA) is 121 Å². The Morgan fingerprint density at radius 3 is 1.92 bits per heavy atom.